The summed E-state index contributed by atoms with van der Waals surface area (Å²) in [5.74, 6) is 0.853. The molecule has 2 aromatic rings. The van der Waals surface area contributed by atoms with Crippen LogP contribution in [-0.4, -0.2) is 18.4 Å². The van der Waals surface area contributed by atoms with E-state index in [1.165, 1.54) is 81.9 Å². The first kappa shape index (κ1) is 29.8. The van der Waals surface area contributed by atoms with E-state index in [2.05, 4.69) is 83.3 Å². The molecule has 2 aromatic heterocycles. The Bertz CT molecular complexity index is 885. The third-order valence-corrected chi connectivity index (χ3v) is 29.7. The summed E-state index contributed by atoms with van der Waals surface area (Å²) in [4.78, 5) is 4.90. The van der Waals surface area contributed by atoms with Gasteiger partial charge in [-0.15, -0.1) is 0 Å². The van der Waals surface area contributed by atoms with Crippen molar-refractivity contribution in [3.05, 3.63) is 28.1 Å². The molecule has 3 heteroatoms. The predicted octanol–water partition coefficient (Wildman–Crippen LogP) is 11.5. The van der Waals surface area contributed by atoms with Crippen molar-refractivity contribution >= 4 is 43.9 Å². The van der Waals surface area contributed by atoms with Crippen LogP contribution in [0.4, 0.5) is 0 Å². The topological polar surface area (TPSA) is 0 Å². The minimum absolute atomic E-state index is 0.274. The van der Waals surface area contributed by atoms with Crippen LogP contribution in [0.2, 0.25) is 13.3 Å². The molecule has 1 aliphatic carbocycles. The zero-order valence-corrected chi connectivity index (χ0v) is 28.6. The van der Waals surface area contributed by atoms with Gasteiger partial charge in [0.25, 0.3) is 0 Å². The zero-order valence-electron chi connectivity index (χ0n) is 24.2. The summed E-state index contributed by atoms with van der Waals surface area (Å²) in [6, 6.07) is 5.46. The fraction of sp³-hybridized carbons (Fsp3) is 0.750. The molecule has 3 rings (SSSR count). The Kier molecular flexibility index (Phi) is 11.8. The van der Waals surface area contributed by atoms with E-state index < -0.39 is 18.4 Å². The van der Waals surface area contributed by atoms with Gasteiger partial charge in [0.2, 0.25) is 0 Å². The Hall–Kier alpha value is 0.199. The number of aryl methyl sites for hydroxylation is 1. The monoisotopic (exact) mass is 622 g/mol. The maximum absolute atomic E-state index is 2.87. The molecule has 0 radical (unpaired) electrons. The summed E-state index contributed by atoms with van der Waals surface area (Å²) in [6.07, 6.45) is 16.6. The normalized spacial score (nSPS) is 18.1. The molecule has 0 aromatic carbocycles. The number of rotatable bonds is 17. The second-order valence-corrected chi connectivity index (χ2v) is 28.1. The van der Waals surface area contributed by atoms with Crippen molar-refractivity contribution < 1.29 is 0 Å². The van der Waals surface area contributed by atoms with Gasteiger partial charge in [-0.25, -0.2) is 0 Å². The van der Waals surface area contributed by atoms with Crippen LogP contribution >= 0.6 is 22.7 Å². The van der Waals surface area contributed by atoms with Crippen LogP contribution in [0.1, 0.15) is 135 Å². The second kappa shape index (κ2) is 13.8. The Labute approximate surface area is 230 Å². The SMILES string of the molecule is CCCCC(CC)CC1(CC)c2cc(C)sc2-c2s[c]([Sn]([CH2]CCC)([CH2]CCC)[CH2]CCC)cc21. The molecular formula is C32H54S2Sn. The van der Waals surface area contributed by atoms with Crippen LogP contribution in [0, 0.1) is 12.8 Å². The van der Waals surface area contributed by atoms with Gasteiger partial charge in [0.05, 0.1) is 0 Å². The molecular weight excluding hydrogens is 567 g/mol. The Balaban J connectivity index is 2.13. The van der Waals surface area contributed by atoms with Crippen LogP contribution in [0.3, 0.4) is 0 Å². The van der Waals surface area contributed by atoms with E-state index in [1.54, 1.807) is 34.2 Å². The zero-order chi connectivity index (χ0) is 25.5. The van der Waals surface area contributed by atoms with Gasteiger partial charge in [-0.1, -0.05) is 0 Å². The van der Waals surface area contributed by atoms with E-state index >= 15 is 0 Å². The van der Waals surface area contributed by atoms with Crippen molar-refractivity contribution in [2.45, 2.75) is 144 Å². The molecule has 0 fully saturated rings. The second-order valence-electron chi connectivity index (χ2n) is 11.6. The number of fused-ring (bicyclic) bond motifs is 3. The minimum atomic E-state index is -2.42. The van der Waals surface area contributed by atoms with Crippen LogP contribution in [0.25, 0.3) is 9.75 Å². The number of thiophene rings is 2. The van der Waals surface area contributed by atoms with Crippen molar-refractivity contribution in [1.29, 1.82) is 0 Å². The molecule has 0 aliphatic heterocycles. The first-order valence-electron chi connectivity index (χ1n) is 15.2. The third kappa shape index (κ3) is 6.27. The summed E-state index contributed by atoms with van der Waals surface area (Å²) in [5.41, 5.74) is 3.76. The van der Waals surface area contributed by atoms with Crippen molar-refractivity contribution in [3.8, 4) is 9.75 Å². The van der Waals surface area contributed by atoms with Crippen LogP contribution in [0.5, 0.6) is 0 Å². The molecule has 0 N–H and O–H groups in total. The third-order valence-electron chi connectivity index (χ3n) is 9.16. The summed E-state index contributed by atoms with van der Waals surface area (Å²) < 4.78 is 6.73. The number of hydrogen-bond donors (Lipinski definition) is 0. The summed E-state index contributed by atoms with van der Waals surface area (Å²) in [5, 5.41) is 0. The molecule has 1 aliphatic rings. The fourth-order valence-corrected chi connectivity index (χ4v) is 28.5. The van der Waals surface area contributed by atoms with Gasteiger partial charge in [-0.3, -0.25) is 0 Å². The molecule has 2 heterocycles. The fourth-order valence-electron chi connectivity index (χ4n) is 6.83. The average molecular weight is 622 g/mol. The van der Waals surface area contributed by atoms with E-state index in [0.29, 0.717) is 0 Å². The van der Waals surface area contributed by atoms with Crippen molar-refractivity contribution in [3.63, 3.8) is 0 Å². The van der Waals surface area contributed by atoms with Crippen molar-refractivity contribution in [2.75, 3.05) is 0 Å². The van der Waals surface area contributed by atoms with Gasteiger partial charge < -0.3 is 0 Å². The summed E-state index contributed by atoms with van der Waals surface area (Å²) >= 11 is 1.99. The van der Waals surface area contributed by atoms with Gasteiger partial charge in [0, 0.05) is 0 Å². The van der Waals surface area contributed by atoms with Crippen molar-refractivity contribution in [1.82, 2.24) is 0 Å². The van der Waals surface area contributed by atoms with Gasteiger partial charge in [0.1, 0.15) is 0 Å². The molecule has 0 amide bonds. The summed E-state index contributed by atoms with van der Waals surface area (Å²) in [7, 11) is 0. The number of unbranched alkanes of at least 4 members (excludes halogenated alkanes) is 4. The van der Waals surface area contributed by atoms with Crippen LogP contribution < -0.4 is 2.89 Å². The Morgan fingerprint density at radius 2 is 1.29 bits per heavy atom. The molecule has 0 nitrogen and oxygen atoms in total. The summed E-state index contributed by atoms with van der Waals surface area (Å²) in [6.45, 7) is 16.9. The Morgan fingerprint density at radius 3 is 1.80 bits per heavy atom. The van der Waals surface area contributed by atoms with Gasteiger partial charge in [0.15, 0.2) is 0 Å². The molecule has 0 saturated heterocycles. The molecule has 35 heavy (non-hydrogen) atoms. The molecule has 0 spiro atoms. The van der Waals surface area contributed by atoms with E-state index in [1.807, 2.05) is 2.89 Å². The predicted molar refractivity (Wildman–Crippen MR) is 166 cm³/mol. The first-order valence-corrected chi connectivity index (χ1v) is 24.3. The van der Waals surface area contributed by atoms with Crippen LogP contribution in [-0.2, 0) is 5.41 Å². The molecule has 0 bridgehead atoms. The van der Waals surface area contributed by atoms with E-state index in [-0.39, 0.29) is 5.41 Å². The van der Waals surface area contributed by atoms with Crippen molar-refractivity contribution in [2.24, 2.45) is 5.92 Å². The molecule has 0 saturated carbocycles. The molecule has 198 valence electrons. The van der Waals surface area contributed by atoms with Crippen LogP contribution in [0.15, 0.2) is 12.1 Å². The number of hydrogen-bond acceptors (Lipinski definition) is 2. The molecule has 2 atom stereocenters. The van der Waals surface area contributed by atoms with Gasteiger partial charge in [-0.2, -0.15) is 0 Å². The Morgan fingerprint density at radius 1 is 0.743 bits per heavy atom. The van der Waals surface area contributed by atoms with E-state index in [9.17, 15) is 0 Å². The van der Waals surface area contributed by atoms with E-state index in [4.69, 9.17) is 0 Å². The standard InChI is InChI=1S/C20H27S2.3C4H9.Sn/c1-5-8-9-15(6-2)13-20(7-3)16-10-11-21-18(16)19-17(20)12-14(4)22-19;3*1-3-4-2;/h10,12,15H,5-9,13H2,1-4H3;3*1,3-4H2,2H3;. The quantitative estimate of drug-likeness (QED) is 0.154. The molecule has 2 unspecified atom stereocenters. The maximum atomic E-state index is 2.87. The average Bonchev–Trinajstić information content (AvgIpc) is 3.53. The van der Waals surface area contributed by atoms with Gasteiger partial charge in [-0.05, 0) is 0 Å². The first-order chi connectivity index (χ1) is 16.9. The van der Waals surface area contributed by atoms with E-state index in [0.717, 1.165) is 5.92 Å². The van der Waals surface area contributed by atoms with Gasteiger partial charge >= 0.3 is 232 Å².